The number of halogens is 2. The molecule has 84 valence electrons. The fraction of sp³-hybridized carbons (Fsp3) is 0.200. The van der Waals surface area contributed by atoms with Crippen molar-refractivity contribution >= 4 is 46.0 Å². The summed E-state index contributed by atoms with van der Waals surface area (Å²) >= 11 is 13.3. The Morgan fingerprint density at radius 3 is 2.94 bits per heavy atom. The molecule has 6 heteroatoms. The second-order valence-corrected chi connectivity index (χ2v) is 4.96. The number of carbonyl (C=O) groups is 1. The highest BCUT2D eigenvalue weighted by molar-refractivity contribution is 8.14. The van der Waals surface area contributed by atoms with Crippen molar-refractivity contribution in [3.63, 3.8) is 0 Å². The van der Waals surface area contributed by atoms with Gasteiger partial charge in [-0.25, -0.2) is 0 Å². The topological polar surface area (TPSA) is 41.5 Å². The lowest BCUT2D eigenvalue weighted by Crippen LogP contribution is -2.27. The third-order valence-corrected chi connectivity index (χ3v) is 3.71. The van der Waals surface area contributed by atoms with Gasteiger partial charge in [0.1, 0.15) is 0 Å². The minimum absolute atomic E-state index is 0.269. The van der Waals surface area contributed by atoms with Crippen molar-refractivity contribution in [2.24, 2.45) is 4.99 Å². The van der Waals surface area contributed by atoms with E-state index in [9.17, 15) is 4.79 Å². The van der Waals surface area contributed by atoms with E-state index in [1.165, 1.54) is 11.8 Å². The van der Waals surface area contributed by atoms with Crippen LogP contribution in [0, 0.1) is 0 Å². The summed E-state index contributed by atoms with van der Waals surface area (Å²) in [7, 11) is 0. The number of hydrogen-bond acceptors (Lipinski definition) is 3. The van der Waals surface area contributed by atoms with Crippen LogP contribution >= 0.6 is 35.0 Å². The molecule has 1 aliphatic heterocycles. The van der Waals surface area contributed by atoms with Crippen molar-refractivity contribution < 1.29 is 4.79 Å². The van der Waals surface area contributed by atoms with Crippen LogP contribution in [0.4, 0.5) is 0 Å². The van der Waals surface area contributed by atoms with Crippen molar-refractivity contribution in [2.45, 2.75) is 0 Å². The summed E-state index contributed by atoms with van der Waals surface area (Å²) in [5.74, 6) is 0.625. The Hall–Kier alpha value is -0.710. The van der Waals surface area contributed by atoms with E-state index in [1.54, 1.807) is 18.2 Å². The van der Waals surface area contributed by atoms with Crippen molar-refractivity contribution in [3.05, 3.63) is 33.8 Å². The maximum atomic E-state index is 11.8. The van der Waals surface area contributed by atoms with Gasteiger partial charge in [0.25, 0.3) is 5.91 Å². The number of rotatable bonds is 1. The first-order chi connectivity index (χ1) is 7.68. The largest absolute Gasteiger partial charge is 0.301 e. The molecule has 0 spiro atoms. The van der Waals surface area contributed by atoms with E-state index in [0.29, 0.717) is 15.8 Å². The Bertz CT molecular complexity index is 462. The fourth-order valence-electron chi connectivity index (χ4n) is 1.25. The number of hydrogen-bond donors (Lipinski definition) is 1. The molecule has 0 fully saturated rings. The molecule has 16 heavy (non-hydrogen) atoms. The van der Waals surface area contributed by atoms with Crippen molar-refractivity contribution in [1.82, 2.24) is 5.32 Å². The van der Waals surface area contributed by atoms with Gasteiger partial charge < -0.3 is 5.32 Å². The molecule has 0 saturated heterocycles. The lowest BCUT2D eigenvalue weighted by Gasteiger charge is -2.06. The first-order valence-electron chi connectivity index (χ1n) is 4.61. The molecule has 1 N–H and O–H groups in total. The fourth-order valence-corrected chi connectivity index (χ4v) is 2.36. The third-order valence-electron chi connectivity index (χ3n) is 2.00. The lowest BCUT2D eigenvalue weighted by molar-refractivity contribution is 0.0978. The first-order valence-corrected chi connectivity index (χ1v) is 6.35. The quantitative estimate of drug-likeness (QED) is 0.856. The Balaban J connectivity index is 2.17. The van der Waals surface area contributed by atoms with E-state index in [4.69, 9.17) is 23.2 Å². The van der Waals surface area contributed by atoms with Gasteiger partial charge in [-0.2, -0.15) is 0 Å². The zero-order valence-corrected chi connectivity index (χ0v) is 10.5. The Morgan fingerprint density at radius 2 is 2.25 bits per heavy atom. The second-order valence-electron chi connectivity index (χ2n) is 3.09. The molecule has 1 aromatic carbocycles. The molecular formula is C10H8Cl2N2OS. The molecule has 1 aromatic rings. The van der Waals surface area contributed by atoms with E-state index in [0.717, 1.165) is 12.3 Å². The van der Waals surface area contributed by atoms with Gasteiger partial charge in [-0.15, -0.1) is 0 Å². The highest BCUT2D eigenvalue weighted by Gasteiger charge is 2.16. The molecular weight excluding hydrogens is 267 g/mol. The molecule has 1 aliphatic rings. The van der Waals surface area contributed by atoms with E-state index in [-0.39, 0.29) is 10.9 Å². The molecule has 0 saturated carbocycles. The van der Waals surface area contributed by atoms with Gasteiger partial charge in [0.05, 0.1) is 22.2 Å². The SMILES string of the molecule is O=C(NC1=NCCS1)c1cccc(Cl)c1Cl. The van der Waals surface area contributed by atoms with E-state index in [1.807, 2.05) is 0 Å². The number of nitrogens with one attached hydrogen (secondary N) is 1. The number of carbonyl (C=O) groups excluding carboxylic acids is 1. The van der Waals surface area contributed by atoms with Gasteiger partial charge in [-0.05, 0) is 12.1 Å². The van der Waals surface area contributed by atoms with Crippen molar-refractivity contribution in [2.75, 3.05) is 12.3 Å². The van der Waals surface area contributed by atoms with Crippen LogP contribution in [-0.2, 0) is 0 Å². The first kappa shape index (κ1) is 11.8. The number of benzene rings is 1. The lowest BCUT2D eigenvalue weighted by atomic mass is 10.2. The molecule has 2 rings (SSSR count). The van der Waals surface area contributed by atoms with Gasteiger partial charge in [0, 0.05) is 5.75 Å². The minimum atomic E-state index is -0.277. The molecule has 0 aromatic heterocycles. The summed E-state index contributed by atoms with van der Waals surface area (Å²) in [5, 5.41) is 3.97. The molecule has 0 radical (unpaired) electrons. The van der Waals surface area contributed by atoms with E-state index < -0.39 is 0 Å². The summed E-state index contributed by atoms with van der Waals surface area (Å²) in [6.45, 7) is 0.740. The average Bonchev–Trinajstić information content (AvgIpc) is 2.74. The molecule has 1 heterocycles. The maximum Gasteiger partial charge on any atom is 0.258 e. The number of nitrogens with zero attached hydrogens (tertiary/aromatic N) is 1. The molecule has 0 aliphatic carbocycles. The number of thioether (sulfide) groups is 1. The third kappa shape index (κ3) is 2.51. The molecule has 0 atom stereocenters. The predicted octanol–water partition coefficient (Wildman–Crippen LogP) is 2.83. The number of aliphatic imine (C=N–C) groups is 1. The molecule has 0 bridgehead atoms. The minimum Gasteiger partial charge on any atom is -0.301 e. The predicted molar refractivity (Wildman–Crippen MR) is 68.7 cm³/mol. The Kier molecular flexibility index (Phi) is 3.74. The zero-order chi connectivity index (χ0) is 11.5. The van der Waals surface area contributed by atoms with Crippen LogP contribution in [0.2, 0.25) is 10.0 Å². The van der Waals surface area contributed by atoms with Crippen LogP contribution in [0.1, 0.15) is 10.4 Å². The second kappa shape index (κ2) is 5.08. The average molecular weight is 275 g/mol. The van der Waals surface area contributed by atoms with Gasteiger partial charge in [-0.3, -0.25) is 9.79 Å². The van der Waals surface area contributed by atoms with Crippen LogP contribution in [0.25, 0.3) is 0 Å². The van der Waals surface area contributed by atoms with Crippen LogP contribution in [0.3, 0.4) is 0 Å². The summed E-state index contributed by atoms with van der Waals surface area (Å²) < 4.78 is 0. The van der Waals surface area contributed by atoms with Crippen molar-refractivity contribution in [3.8, 4) is 0 Å². The Labute approximate surface area is 107 Å². The summed E-state index contributed by atoms with van der Waals surface area (Å²) in [5.41, 5.74) is 0.365. The number of amides is 1. The Morgan fingerprint density at radius 1 is 1.44 bits per heavy atom. The van der Waals surface area contributed by atoms with Crippen LogP contribution in [0.5, 0.6) is 0 Å². The van der Waals surface area contributed by atoms with Gasteiger partial charge in [0.15, 0.2) is 5.17 Å². The summed E-state index contributed by atoms with van der Waals surface area (Å²) in [4.78, 5) is 16.0. The molecule has 0 unspecified atom stereocenters. The zero-order valence-electron chi connectivity index (χ0n) is 8.17. The summed E-state index contributed by atoms with van der Waals surface area (Å²) in [6, 6.07) is 4.96. The van der Waals surface area contributed by atoms with Gasteiger partial charge in [0.2, 0.25) is 0 Å². The summed E-state index contributed by atoms with van der Waals surface area (Å²) in [6.07, 6.45) is 0. The highest BCUT2D eigenvalue weighted by atomic mass is 35.5. The van der Waals surface area contributed by atoms with Gasteiger partial charge >= 0.3 is 0 Å². The van der Waals surface area contributed by atoms with Crippen LogP contribution < -0.4 is 5.32 Å². The maximum absolute atomic E-state index is 11.8. The van der Waals surface area contributed by atoms with Crippen molar-refractivity contribution in [1.29, 1.82) is 0 Å². The molecule has 3 nitrogen and oxygen atoms in total. The highest BCUT2D eigenvalue weighted by Crippen LogP contribution is 2.25. The van der Waals surface area contributed by atoms with E-state index >= 15 is 0 Å². The van der Waals surface area contributed by atoms with E-state index in [2.05, 4.69) is 10.3 Å². The number of amidine groups is 1. The van der Waals surface area contributed by atoms with Gasteiger partial charge in [-0.1, -0.05) is 41.0 Å². The standard InChI is InChI=1S/C10H8Cl2N2OS/c11-7-3-1-2-6(8(7)12)9(15)14-10-13-4-5-16-10/h1-3H,4-5H2,(H,13,14,15). The normalized spacial score (nSPS) is 14.8. The molecule has 1 amide bonds. The smallest absolute Gasteiger partial charge is 0.258 e. The monoisotopic (exact) mass is 274 g/mol. The van der Waals surface area contributed by atoms with Crippen LogP contribution in [0.15, 0.2) is 23.2 Å². The van der Waals surface area contributed by atoms with Crippen LogP contribution in [-0.4, -0.2) is 23.4 Å².